The predicted molar refractivity (Wildman–Crippen MR) is 137 cm³/mol. The molecule has 174 valence electrons. The molecule has 1 aromatic carbocycles. The van der Waals surface area contributed by atoms with Gasteiger partial charge in [-0.2, -0.15) is 0 Å². The van der Waals surface area contributed by atoms with Gasteiger partial charge in [0.1, 0.15) is 0 Å². The number of carbonyl (C=O) groups excluding carboxylic acids is 1. The number of carbonyl (C=O) groups is 1. The quantitative estimate of drug-likeness (QED) is 0.256. The number of hydrogen-bond donors (Lipinski definition) is 2. The lowest BCUT2D eigenvalue weighted by Gasteiger charge is -2.40. The third kappa shape index (κ3) is 7.93. The molecular weight excluding hydrogens is 503 g/mol. The van der Waals surface area contributed by atoms with Gasteiger partial charge < -0.3 is 20.3 Å². The molecule has 3 rings (SSSR count). The zero-order valence-corrected chi connectivity index (χ0v) is 21.4. The summed E-state index contributed by atoms with van der Waals surface area (Å²) in [5.74, 6) is 1.48. The molecule has 1 saturated carbocycles. The molecule has 1 atom stereocenters. The van der Waals surface area contributed by atoms with Gasteiger partial charge in [0.05, 0.1) is 0 Å². The minimum atomic E-state index is 0. The van der Waals surface area contributed by atoms with Gasteiger partial charge in [-0.15, -0.1) is 24.0 Å². The van der Waals surface area contributed by atoms with Gasteiger partial charge in [0.2, 0.25) is 5.91 Å². The molecule has 31 heavy (non-hydrogen) atoms. The Morgan fingerprint density at radius 1 is 1.26 bits per heavy atom. The van der Waals surface area contributed by atoms with Crippen LogP contribution in [0.15, 0.2) is 35.3 Å². The Morgan fingerprint density at radius 2 is 2.03 bits per heavy atom. The Morgan fingerprint density at radius 3 is 2.68 bits per heavy atom. The molecule has 0 aromatic heterocycles. The number of guanidine groups is 1. The van der Waals surface area contributed by atoms with Crippen LogP contribution in [0.4, 0.5) is 0 Å². The zero-order valence-electron chi connectivity index (χ0n) is 19.1. The van der Waals surface area contributed by atoms with E-state index in [0.29, 0.717) is 17.8 Å². The van der Waals surface area contributed by atoms with Gasteiger partial charge in [-0.25, -0.2) is 0 Å². The molecule has 2 fully saturated rings. The fraction of sp³-hybridized carbons (Fsp3) is 0.667. The van der Waals surface area contributed by atoms with Gasteiger partial charge in [-0.1, -0.05) is 36.8 Å². The van der Waals surface area contributed by atoms with Crippen LogP contribution in [-0.2, 0) is 16.0 Å². The molecule has 1 amide bonds. The molecule has 2 aliphatic rings. The number of hydrogen-bond acceptors (Lipinski definition) is 3. The minimum Gasteiger partial charge on any atom is -0.385 e. The van der Waals surface area contributed by atoms with Crippen molar-refractivity contribution in [2.24, 2.45) is 16.3 Å². The summed E-state index contributed by atoms with van der Waals surface area (Å²) in [7, 11) is 1.77. The molecule has 0 radical (unpaired) electrons. The second kappa shape index (κ2) is 13.3. The van der Waals surface area contributed by atoms with Crippen molar-refractivity contribution in [1.82, 2.24) is 15.5 Å². The number of ether oxygens (including phenoxy) is 1. The van der Waals surface area contributed by atoms with Crippen molar-refractivity contribution in [3.05, 3.63) is 35.9 Å². The molecule has 6 nitrogen and oxygen atoms in total. The van der Waals surface area contributed by atoms with Crippen LogP contribution in [0.25, 0.3) is 0 Å². The van der Waals surface area contributed by atoms with E-state index in [1.165, 1.54) is 24.8 Å². The van der Waals surface area contributed by atoms with Crippen molar-refractivity contribution >= 4 is 35.8 Å². The van der Waals surface area contributed by atoms with Crippen molar-refractivity contribution in [2.45, 2.75) is 45.4 Å². The smallest absolute Gasteiger partial charge is 0.223 e. The monoisotopic (exact) mass is 542 g/mol. The van der Waals surface area contributed by atoms with E-state index in [2.05, 4.69) is 41.8 Å². The Bertz CT molecular complexity index is 694. The van der Waals surface area contributed by atoms with E-state index in [-0.39, 0.29) is 29.9 Å². The van der Waals surface area contributed by atoms with Gasteiger partial charge >= 0.3 is 0 Å². The normalized spacial score (nSPS) is 20.2. The Balaban J connectivity index is 0.00000341. The average Bonchev–Trinajstić information content (AvgIpc) is 3.09. The van der Waals surface area contributed by atoms with Gasteiger partial charge in [0.15, 0.2) is 5.96 Å². The van der Waals surface area contributed by atoms with E-state index in [1.54, 1.807) is 7.11 Å². The molecule has 7 heteroatoms. The number of rotatable bonds is 11. The van der Waals surface area contributed by atoms with E-state index in [1.807, 2.05) is 11.0 Å². The summed E-state index contributed by atoms with van der Waals surface area (Å²) in [5.41, 5.74) is 1.60. The number of aliphatic imine (C=N–C) groups is 1. The predicted octanol–water partition coefficient (Wildman–Crippen LogP) is 3.46. The lowest BCUT2D eigenvalue weighted by Crippen LogP contribution is -2.42. The Labute approximate surface area is 204 Å². The zero-order chi connectivity index (χ0) is 21.2. The third-order valence-electron chi connectivity index (χ3n) is 6.53. The topological polar surface area (TPSA) is 66.0 Å². The van der Waals surface area contributed by atoms with Gasteiger partial charge in [-0.05, 0) is 43.6 Å². The van der Waals surface area contributed by atoms with Crippen LogP contribution < -0.4 is 10.6 Å². The molecule has 1 aliphatic heterocycles. The standard InChI is InChI=1S/C24H38N4O2.HI/c1-3-25-23(27-19-24(11-7-12-24)13-15-30-2)26-17-21-16-22(29)28(18-21)14-10-20-8-5-4-6-9-20;/h4-6,8-9,21H,3,7,10-19H2,1-2H3,(H2,25,26,27);1H. The van der Waals surface area contributed by atoms with E-state index in [9.17, 15) is 4.79 Å². The van der Waals surface area contributed by atoms with Crippen molar-refractivity contribution in [1.29, 1.82) is 0 Å². The number of amides is 1. The van der Waals surface area contributed by atoms with Crippen LogP contribution in [0.1, 0.15) is 44.6 Å². The first-order chi connectivity index (χ1) is 14.6. The van der Waals surface area contributed by atoms with Crippen LogP contribution in [-0.4, -0.2) is 63.2 Å². The summed E-state index contributed by atoms with van der Waals surface area (Å²) < 4.78 is 5.29. The maximum atomic E-state index is 12.4. The molecule has 1 unspecified atom stereocenters. The lowest BCUT2D eigenvalue weighted by atomic mass is 9.67. The minimum absolute atomic E-state index is 0. The fourth-order valence-corrected chi connectivity index (χ4v) is 4.43. The highest BCUT2D eigenvalue weighted by Crippen LogP contribution is 2.44. The molecule has 1 aromatic rings. The summed E-state index contributed by atoms with van der Waals surface area (Å²) >= 11 is 0. The molecule has 2 N–H and O–H groups in total. The number of nitrogens with one attached hydrogen (secondary N) is 2. The van der Waals surface area contributed by atoms with Crippen LogP contribution in [0, 0.1) is 11.3 Å². The molecule has 1 heterocycles. The number of halogens is 1. The second-order valence-corrected chi connectivity index (χ2v) is 8.82. The highest BCUT2D eigenvalue weighted by atomic mass is 127. The summed E-state index contributed by atoms with van der Waals surface area (Å²) in [5, 5.41) is 6.84. The maximum absolute atomic E-state index is 12.4. The van der Waals surface area contributed by atoms with Gasteiger partial charge in [0, 0.05) is 58.8 Å². The second-order valence-electron chi connectivity index (χ2n) is 8.82. The van der Waals surface area contributed by atoms with E-state index >= 15 is 0 Å². The first-order valence-corrected chi connectivity index (χ1v) is 11.5. The van der Waals surface area contributed by atoms with Crippen molar-refractivity contribution in [3.8, 4) is 0 Å². The largest absolute Gasteiger partial charge is 0.385 e. The summed E-state index contributed by atoms with van der Waals surface area (Å²) in [6.07, 6.45) is 6.41. The molecule has 1 saturated heterocycles. The third-order valence-corrected chi connectivity index (χ3v) is 6.53. The van der Waals surface area contributed by atoms with Crippen LogP contribution in [0.5, 0.6) is 0 Å². The SMILES string of the molecule is CCNC(=NCC1(CCOC)CCC1)NCC1CC(=O)N(CCc2ccccc2)C1.I. The lowest BCUT2D eigenvalue weighted by molar-refractivity contribution is -0.127. The van der Waals surface area contributed by atoms with Gasteiger partial charge in [0.25, 0.3) is 0 Å². The van der Waals surface area contributed by atoms with E-state index in [0.717, 1.165) is 58.1 Å². The molecule has 0 spiro atoms. The first-order valence-electron chi connectivity index (χ1n) is 11.5. The number of nitrogens with zero attached hydrogens (tertiary/aromatic N) is 2. The Kier molecular flexibility index (Phi) is 11.1. The Hall–Kier alpha value is -1.35. The van der Waals surface area contributed by atoms with Crippen molar-refractivity contribution in [2.75, 3.05) is 46.4 Å². The summed E-state index contributed by atoms with van der Waals surface area (Å²) in [6, 6.07) is 10.4. The highest BCUT2D eigenvalue weighted by molar-refractivity contribution is 14.0. The first kappa shape index (κ1) is 25.9. The summed E-state index contributed by atoms with van der Waals surface area (Å²) in [4.78, 5) is 19.3. The van der Waals surface area contributed by atoms with E-state index < -0.39 is 0 Å². The fourth-order valence-electron chi connectivity index (χ4n) is 4.43. The molecular formula is C24H39IN4O2. The van der Waals surface area contributed by atoms with E-state index in [4.69, 9.17) is 9.73 Å². The van der Waals surface area contributed by atoms with Crippen LogP contribution in [0.2, 0.25) is 0 Å². The molecule has 0 bridgehead atoms. The number of benzene rings is 1. The van der Waals surface area contributed by atoms with Gasteiger partial charge in [-0.3, -0.25) is 9.79 Å². The average molecular weight is 543 g/mol. The number of methoxy groups -OCH3 is 1. The van der Waals surface area contributed by atoms with Crippen LogP contribution >= 0.6 is 24.0 Å². The summed E-state index contributed by atoms with van der Waals surface area (Å²) in [6.45, 7) is 6.99. The maximum Gasteiger partial charge on any atom is 0.223 e. The molecule has 1 aliphatic carbocycles. The van der Waals surface area contributed by atoms with Crippen molar-refractivity contribution < 1.29 is 9.53 Å². The van der Waals surface area contributed by atoms with Crippen molar-refractivity contribution in [3.63, 3.8) is 0 Å². The number of likely N-dealkylation sites (tertiary alicyclic amines) is 1. The highest BCUT2D eigenvalue weighted by Gasteiger charge is 2.36. The van der Waals surface area contributed by atoms with Crippen LogP contribution in [0.3, 0.4) is 0 Å².